The number of rotatable bonds is 2. The van der Waals surface area contributed by atoms with Crippen molar-refractivity contribution in [1.29, 1.82) is 5.26 Å². The van der Waals surface area contributed by atoms with E-state index in [2.05, 4.69) is 5.16 Å². The summed E-state index contributed by atoms with van der Waals surface area (Å²) < 4.78 is 9.98. The Hall–Kier alpha value is -2.28. The molecule has 0 atom stereocenters. The van der Waals surface area contributed by atoms with Crippen molar-refractivity contribution in [2.45, 2.75) is 0 Å². The lowest BCUT2D eigenvalue weighted by Crippen LogP contribution is -1.86. The van der Waals surface area contributed by atoms with Gasteiger partial charge < -0.3 is 9.26 Å². The van der Waals surface area contributed by atoms with Crippen LogP contribution in [-0.2, 0) is 0 Å². The highest BCUT2D eigenvalue weighted by atomic mass is 16.5. The predicted molar refractivity (Wildman–Crippen MR) is 53.2 cm³/mol. The van der Waals surface area contributed by atoms with Crippen LogP contribution < -0.4 is 4.74 Å². The van der Waals surface area contributed by atoms with Gasteiger partial charge in [0.2, 0.25) is 5.76 Å². The van der Waals surface area contributed by atoms with Crippen LogP contribution in [0.2, 0.25) is 0 Å². The Balaban J connectivity index is 2.49. The summed E-state index contributed by atoms with van der Waals surface area (Å²) in [5.74, 6) is 0.895. The van der Waals surface area contributed by atoms with Crippen molar-refractivity contribution in [3.8, 4) is 23.1 Å². The van der Waals surface area contributed by atoms with E-state index in [1.54, 1.807) is 13.2 Å². The smallest absolute Gasteiger partial charge is 0.236 e. The van der Waals surface area contributed by atoms with E-state index in [0.29, 0.717) is 11.4 Å². The second kappa shape index (κ2) is 3.84. The van der Waals surface area contributed by atoms with Crippen LogP contribution in [0.25, 0.3) is 11.3 Å². The molecular weight excluding hydrogens is 192 g/mol. The molecule has 2 rings (SSSR count). The number of benzene rings is 1. The highest BCUT2D eigenvalue weighted by Crippen LogP contribution is 2.28. The molecule has 0 unspecified atom stereocenters. The lowest BCUT2D eigenvalue weighted by atomic mass is 10.1. The van der Waals surface area contributed by atoms with Gasteiger partial charge in [-0.3, -0.25) is 0 Å². The van der Waals surface area contributed by atoms with Gasteiger partial charge in [-0.2, -0.15) is 5.26 Å². The molecule has 2 aromatic rings. The number of nitriles is 1. The molecule has 0 spiro atoms. The Bertz CT molecular complexity index is 511. The maximum absolute atomic E-state index is 8.61. The summed E-state index contributed by atoms with van der Waals surface area (Å²) in [6.45, 7) is 0. The van der Waals surface area contributed by atoms with Gasteiger partial charge in [0.25, 0.3) is 0 Å². The maximum atomic E-state index is 8.61. The van der Waals surface area contributed by atoms with Crippen molar-refractivity contribution < 1.29 is 9.26 Å². The van der Waals surface area contributed by atoms with Crippen LogP contribution >= 0.6 is 0 Å². The first-order chi connectivity index (χ1) is 7.35. The van der Waals surface area contributed by atoms with Crippen molar-refractivity contribution in [1.82, 2.24) is 5.16 Å². The number of hydrogen-bond acceptors (Lipinski definition) is 4. The van der Waals surface area contributed by atoms with Gasteiger partial charge in [-0.05, 0) is 12.1 Å². The molecule has 0 aliphatic carbocycles. The van der Waals surface area contributed by atoms with Gasteiger partial charge >= 0.3 is 0 Å². The van der Waals surface area contributed by atoms with Gasteiger partial charge in [0.05, 0.1) is 7.11 Å². The fraction of sp³-hybridized carbons (Fsp3) is 0.0909. The molecule has 1 aromatic heterocycles. The Kier molecular flexibility index (Phi) is 2.38. The summed E-state index contributed by atoms with van der Waals surface area (Å²) in [7, 11) is 1.59. The lowest BCUT2D eigenvalue weighted by Gasteiger charge is -2.03. The number of ether oxygens (including phenoxy) is 1. The Morgan fingerprint density at radius 2 is 2.20 bits per heavy atom. The van der Waals surface area contributed by atoms with E-state index in [9.17, 15) is 0 Å². The minimum absolute atomic E-state index is 0.191. The van der Waals surface area contributed by atoms with Crippen molar-refractivity contribution in [3.05, 3.63) is 36.1 Å². The molecule has 0 fully saturated rings. The molecule has 1 aromatic carbocycles. The lowest BCUT2D eigenvalue weighted by molar-refractivity contribution is 0.407. The van der Waals surface area contributed by atoms with E-state index in [1.165, 1.54) is 0 Å². The van der Waals surface area contributed by atoms with Gasteiger partial charge in [0.15, 0.2) is 0 Å². The van der Waals surface area contributed by atoms with E-state index in [1.807, 2.05) is 30.3 Å². The van der Waals surface area contributed by atoms with Crippen molar-refractivity contribution in [2.75, 3.05) is 7.11 Å². The van der Waals surface area contributed by atoms with Crippen LogP contribution in [0.3, 0.4) is 0 Å². The third-order valence-electron chi connectivity index (χ3n) is 2.00. The topological polar surface area (TPSA) is 59.0 Å². The molecule has 0 saturated heterocycles. The standard InChI is InChI=1S/C11H8N2O2/c1-14-11-5-3-2-4-9(11)10-6-8(7-12)15-13-10/h2-6H,1H3. The molecule has 74 valence electrons. The third kappa shape index (κ3) is 1.67. The largest absolute Gasteiger partial charge is 0.496 e. The summed E-state index contributed by atoms with van der Waals surface area (Å²) in [5, 5.41) is 12.4. The van der Waals surface area contributed by atoms with Crippen LogP contribution in [0, 0.1) is 11.3 Å². The Morgan fingerprint density at radius 1 is 1.40 bits per heavy atom. The fourth-order valence-corrected chi connectivity index (χ4v) is 1.31. The number of para-hydroxylation sites is 1. The van der Waals surface area contributed by atoms with Gasteiger partial charge in [-0.1, -0.05) is 17.3 Å². The summed E-state index contributed by atoms with van der Waals surface area (Å²) in [6, 6.07) is 10.9. The Morgan fingerprint density at radius 3 is 2.87 bits per heavy atom. The number of aromatic nitrogens is 1. The summed E-state index contributed by atoms with van der Waals surface area (Å²) in [4.78, 5) is 0. The molecule has 15 heavy (non-hydrogen) atoms. The molecule has 0 saturated carbocycles. The molecule has 4 heteroatoms. The second-order valence-corrected chi connectivity index (χ2v) is 2.89. The third-order valence-corrected chi connectivity index (χ3v) is 2.00. The van der Waals surface area contributed by atoms with Crippen LogP contribution in [0.1, 0.15) is 5.76 Å². The summed E-state index contributed by atoms with van der Waals surface area (Å²) in [6.07, 6.45) is 0. The second-order valence-electron chi connectivity index (χ2n) is 2.89. The van der Waals surface area contributed by atoms with Crippen LogP contribution in [0.5, 0.6) is 5.75 Å². The van der Waals surface area contributed by atoms with Gasteiger partial charge in [0, 0.05) is 11.6 Å². The predicted octanol–water partition coefficient (Wildman–Crippen LogP) is 2.22. The molecule has 0 amide bonds. The first-order valence-corrected chi connectivity index (χ1v) is 4.35. The molecule has 0 aliphatic rings. The highest BCUT2D eigenvalue weighted by Gasteiger charge is 2.09. The number of methoxy groups -OCH3 is 1. The summed E-state index contributed by atoms with van der Waals surface area (Å²) >= 11 is 0. The van der Waals surface area contributed by atoms with E-state index >= 15 is 0 Å². The normalized spacial score (nSPS) is 9.60. The molecule has 0 aliphatic heterocycles. The monoisotopic (exact) mass is 200 g/mol. The molecule has 0 radical (unpaired) electrons. The minimum Gasteiger partial charge on any atom is -0.496 e. The van der Waals surface area contributed by atoms with Crippen LogP contribution in [0.15, 0.2) is 34.9 Å². The fourth-order valence-electron chi connectivity index (χ4n) is 1.31. The van der Waals surface area contributed by atoms with Gasteiger partial charge in [0.1, 0.15) is 17.5 Å². The van der Waals surface area contributed by atoms with Crippen molar-refractivity contribution >= 4 is 0 Å². The van der Waals surface area contributed by atoms with Crippen molar-refractivity contribution in [3.63, 3.8) is 0 Å². The zero-order valence-corrected chi connectivity index (χ0v) is 8.10. The van der Waals surface area contributed by atoms with E-state index in [4.69, 9.17) is 14.5 Å². The molecular formula is C11H8N2O2. The summed E-state index contributed by atoms with van der Waals surface area (Å²) in [5.41, 5.74) is 1.41. The quantitative estimate of drug-likeness (QED) is 0.745. The van der Waals surface area contributed by atoms with Gasteiger partial charge in [-0.15, -0.1) is 0 Å². The molecule has 0 N–H and O–H groups in total. The van der Waals surface area contributed by atoms with Crippen molar-refractivity contribution in [2.24, 2.45) is 0 Å². The van der Waals surface area contributed by atoms with Crippen LogP contribution in [0.4, 0.5) is 0 Å². The Labute approximate surface area is 86.7 Å². The first kappa shape index (κ1) is 9.28. The molecule has 4 nitrogen and oxygen atoms in total. The zero-order chi connectivity index (χ0) is 10.7. The molecule has 0 bridgehead atoms. The zero-order valence-electron chi connectivity index (χ0n) is 8.10. The number of hydrogen-bond donors (Lipinski definition) is 0. The maximum Gasteiger partial charge on any atom is 0.236 e. The van der Waals surface area contributed by atoms with Gasteiger partial charge in [-0.25, -0.2) is 0 Å². The minimum atomic E-state index is 0.191. The van der Waals surface area contributed by atoms with E-state index in [-0.39, 0.29) is 5.76 Å². The van der Waals surface area contributed by atoms with Crippen LogP contribution in [-0.4, -0.2) is 12.3 Å². The SMILES string of the molecule is COc1ccccc1-c1cc(C#N)on1. The first-order valence-electron chi connectivity index (χ1n) is 4.35. The van der Waals surface area contributed by atoms with E-state index in [0.717, 1.165) is 5.56 Å². The number of nitrogens with zero attached hydrogens (tertiary/aromatic N) is 2. The average molecular weight is 200 g/mol. The average Bonchev–Trinajstić information content (AvgIpc) is 2.77. The highest BCUT2D eigenvalue weighted by molar-refractivity contribution is 5.67. The molecule has 1 heterocycles. The van der Waals surface area contributed by atoms with E-state index < -0.39 is 0 Å².